The number of nitrogens with two attached hydrogens (primary N) is 1. The predicted molar refractivity (Wildman–Crippen MR) is 59.3 cm³/mol. The molecular weight excluding hydrogens is 310 g/mol. The molecule has 1 rings (SSSR count). The topological polar surface area (TPSA) is 26.0 Å². The average Bonchev–Trinajstić information content (AvgIpc) is 2.03. The van der Waals surface area contributed by atoms with Gasteiger partial charge in [0.15, 0.2) is 0 Å². The van der Waals surface area contributed by atoms with E-state index in [2.05, 4.69) is 22.6 Å². The van der Waals surface area contributed by atoms with Gasteiger partial charge in [-0.1, -0.05) is 12.1 Å². The van der Waals surface area contributed by atoms with Gasteiger partial charge in [0.05, 0.1) is 6.04 Å². The maximum Gasteiger partial charge on any atom is 0.257 e. The number of halogens is 4. The quantitative estimate of drug-likeness (QED) is 0.833. The minimum Gasteiger partial charge on any atom is -0.319 e. The monoisotopic (exact) mass is 319 g/mol. The van der Waals surface area contributed by atoms with E-state index < -0.39 is 12.5 Å². The predicted octanol–water partition coefficient (Wildman–Crippen LogP) is 2.98. The smallest absolute Gasteiger partial charge is 0.257 e. The van der Waals surface area contributed by atoms with Gasteiger partial charge in [-0.2, -0.15) is 0 Å². The van der Waals surface area contributed by atoms with Gasteiger partial charge < -0.3 is 5.73 Å². The van der Waals surface area contributed by atoms with E-state index in [9.17, 15) is 8.78 Å². The Morgan fingerprint density at radius 3 is 2.38 bits per heavy atom. The Kier molecular flexibility index (Phi) is 5.75. The Bertz CT molecular complexity index is 270. The van der Waals surface area contributed by atoms with Crippen LogP contribution < -0.4 is 5.73 Å². The van der Waals surface area contributed by atoms with Crippen LogP contribution in [0.2, 0.25) is 0 Å². The van der Waals surface area contributed by atoms with Crippen molar-refractivity contribution in [2.24, 2.45) is 5.73 Å². The van der Waals surface area contributed by atoms with Crippen molar-refractivity contribution in [2.75, 3.05) is 0 Å². The SMILES string of the molecule is Cl.N[C@@H](c1cccc(I)c1)C(F)F. The molecule has 0 heterocycles. The molecule has 2 N–H and O–H groups in total. The van der Waals surface area contributed by atoms with Crippen LogP contribution in [-0.4, -0.2) is 6.43 Å². The van der Waals surface area contributed by atoms with E-state index in [1.165, 1.54) is 0 Å². The zero-order valence-electron chi connectivity index (χ0n) is 6.58. The molecule has 0 fully saturated rings. The fourth-order valence-electron chi connectivity index (χ4n) is 0.859. The van der Waals surface area contributed by atoms with Gasteiger partial charge in [-0.3, -0.25) is 0 Å². The van der Waals surface area contributed by atoms with Gasteiger partial charge in [-0.25, -0.2) is 8.78 Å². The zero-order chi connectivity index (χ0) is 9.14. The van der Waals surface area contributed by atoms with Gasteiger partial charge in [0.25, 0.3) is 6.43 Å². The van der Waals surface area contributed by atoms with Crippen molar-refractivity contribution in [3.8, 4) is 0 Å². The lowest BCUT2D eigenvalue weighted by molar-refractivity contribution is 0.116. The van der Waals surface area contributed by atoms with E-state index >= 15 is 0 Å². The molecule has 0 bridgehead atoms. The third-order valence-corrected chi connectivity index (χ3v) is 2.18. The summed E-state index contributed by atoms with van der Waals surface area (Å²) in [5, 5.41) is 0. The van der Waals surface area contributed by atoms with Gasteiger partial charge in [0, 0.05) is 3.57 Å². The Labute approximate surface area is 95.2 Å². The van der Waals surface area contributed by atoms with Gasteiger partial charge in [-0.15, -0.1) is 12.4 Å². The summed E-state index contributed by atoms with van der Waals surface area (Å²) in [5.74, 6) is 0. The third-order valence-electron chi connectivity index (χ3n) is 1.51. The molecule has 1 aromatic carbocycles. The van der Waals surface area contributed by atoms with Gasteiger partial charge in [0.2, 0.25) is 0 Å². The van der Waals surface area contributed by atoms with Crippen LogP contribution in [0.1, 0.15) is 11.6 Å². The van der Waals surface area contributed by atoms with Crippen LogP contribution in [0, 0.1) is 3.57 Å². The highest BCUT2D eigenvalue weighted by Gasteiger charge is 2.16. The molecule has 0 aliphatic heterocycles. The number of rotatable bonds is 2. The standard InChI is InChI=1S/C8H8F2IN.ClH/c9-8(10)7(12)5-2-1-3-6(11)4-5;/h1-4,7-8H,12H2;1H/t7-;/m0./s1. The molecule has 0 aliphatic carbocycles. The summed E-state index contributed by atoms with van der Waals surface area (Å²) in [6.07, 6.45) is -2.50. The van der Waals surface area contributed by atoms with Crippen LogP contribution in [0.4, 0.5) is 8.78 Å². The summed E-state index contributed by atoms with van der Waals surface area (Å²) < 4.78 is 25.2. The molecule has 1 atom stereocenters. The lowest BCUT2D eigenvalue weighted by atomic mass is 10.1. The van der Waals surface area contributed by atoms with Crippen molar-refractivity contribution in [2.45, 2.75) is 12.5 Å². The Morgan fingerprint density at radius 2 is 1.92 bits per heavy atom. The minimum atomic E-state index is -2.50. The van der Waals surface area contributed by atoms with Crippen molar-refractivity contribution in [1.29, 1.82) is 0 Å². The second-order valence-electron chi connectivity index (χ2n) is 2.42. The normalized spacial score (nSPS) is 12.4. The van der Waals surface area contributed by atoms with Crippen molar-refractivity contribution >= 4 is 35.0 Å². The molecule has 5 heteroatoms. The summed E-state index contributed by atoms with van der Waals surface area (Å²) in [4.78, 5) is 0. The van der Waals surface area contributed by atoms with Crippen molar-refractivity contribution in [1.82, 2.24) is 0 Å². The summed E-state index contributed by atoms with van der Waals surface area (Å²) >= 11 is 2.06. The molecule has 0 aromatic heterocycles. The number of hydrogen-bond donors (Lipinski definition) is 1. The molecule has 0 saturated carbocycles. The molecule has 74 valence electrons. The van der Waals surface area contributed by atoms with Gasteiger partial charge in [-0.05, 0) is 40.3 Å². The summed E-state index contributed by atoms with van der Waals surface area (Å²) in [6.45, 7) is 0. The lowest BCUT2D eigenvalue weighted by Gasteiger charge is -2.10. The van der Waals surface area contributed by atoms with Crippen LogP contribution in [0.5, 0.6) is 0 Å². The van der Waals surface area contributed by atoms with Crippen LogP contribution >= 0.6 is 35.0 Å². The molecule has 1 nitrogen and oxygen atoms in total. The van der Waals surface area contributed by atoms with E-state index in [-0.39, 0.29) is 12.4 Å². The Balaban J connectivity index is 0.00000144. The Morgan fingerprint density at radius 1 is 1.31 bits per heavy atom. The van der Waals surface area contributed by atoms with E-state index in [0.717, 1.165) is 3.57 Å². The van der Waals surface area contributed by atoms with Gasteiger partial charge >= 0.3 is 0 Å². The molecule has 0 aliphatic rings. The van der Waals surface area contributed by atoms with Crippen molar-refractivity contribution in [3.05, 3.63) is 33.4 Å². The lowest BCUT2D eigenvalue weighted by Crippen LogP contribution is -2.18. The van der Waals surface area contributed by atoms with Gasteiger partial charge in [0.1, 0.15) is 0 Å². The summed E-state index contributed by atoms with van der Waals surface area (Å²) in [6, 6.07) is 5.66. The van der Waals surface area contributed by atoms with Crippen LogP contribution in [0.15, 0.2) is 24.3 Å². The minimum absolute atomic E-state index is 0. The number of benzene rings is 1. The first-order valence-electron chi connectivity index (χ1n) is 3.40. The largest absolute Gasteiger partial charge is 0.319 e. The average molecular weight is 320 g/mol. The van der Waals surface area contributed by atoms with Crippen LogP contribution in [0.25, 0.3) is 0 Å². The second-order valence-corrected chi connectivity index (χ2v) is 3.66. The second kappa shape index (κ2) is 5.72. The van der Waals surface area contributed by atoms with Crippen LogP contribution in [-0.2, 0) is 0 Å². The first-order valence-corrected chi connectivity index (χ1v) is 4.48. The summed E-state index contributed by atoms with van der Waals surface area (Å²) in [5.41, 5.74) is 5.74. The van der Waals surface area contributed by atoms with E-state index in [1.54, 1.807) is 18.2 Å². The fourth-order valence-corrected chi connectivity index (χ4v) is 1.43. The maximum atomic E-state index is 12.1. The third kappa shape index (κ3) is 3.74. The molecule has 0 amide bonds. The van der Waals surface area contributed by atoms with E-state index in [4.69, 9.17) is 5.73 Å². The molecule has 0 saturated heterocycles. The summed E-state index contributed by atoms with van der Waals surface area (Å²) in [7, 11) is 0. The molecular formula is C8H9ClF2IN. The molecule has 0 radical (unpaired) electrons. The molecule has 0 spiro atoms. The fraction of sp³-hybridized carbons (Fsp3) is 0.250. The van der Waals surface area contributed by atoms with Crippen molar-refractivity contribution in [3.63, 3.8) is 0 Å². The van der Waals surface area contributed by atoms with Crippen molar-refractivity contribution < 1.29 is 8.78 Å². The van der Waals surface area contributed by atoms with E-state index in [1.807, 2.05) is 6.07 Å². The zero-order valence-corrected chi connectivity index (χ0v) is 9.56. The first kappa shape index (κ1) is 13.1. The molecule has 1 aromatic rings. The van der Waals surface area contributed by atoms with Crippen LogP contribution in [0.3, 0.4) is 0 Å². The molecule has 0 unspecified atom stereocenters. The van der Waals surface area contributed by atoms with E-state index in [0.29, 0.717) is 5.56 Å². The first-order chi connectivity index (χ1) is 5.61. The number of hydrogen-bond acceptors (Lipinski definition) is 1. The molecule has 13 heavy (non-hydrogen) atoms. The highest BCUT2D eigenvalue weighted by molar-refractivity contribution is 14.1. The highest BCUT2D eigenvalue weighted by Crippen LogP contribution is 2.19. The highest BCUT2D eigenvalue weighted by atomic mass is 127. The Hall–Kier alpha value is 0.0600. The maximum absolute atomic E-state index is 12.1. The number of alkyl halides is 2.